The molecule has 1 heterocycles. The van der Waals surface area contributed by atoms with Crippen LogP contribution in [0.15, 0.2) is 34.9 Å². The fourth-order valence-corrected chi connectivity index (χ4v) is 3.36. The molecule has 0 saturated carbocycles. The number of benzene rings is 1. The zero-order valence-electron chi connectivity index (χ0n) is 14.0. The van der Waals surface area contributed by atoms with Crippen molar-refractivity contribution in [3.05, 3.63) is 45.6 Å². The number of carbonyl (C=O) groups is 1. The molecule has 0 fully saturated rings. The van der Waals surface area contributed by atoms with Gasteiger partial charge in [0.2, 0.25) is 5.88 Å². The monoisotopic (exact) mass is 402 g/mol. The topological polar surface area (TPSA) is 45.5 Å². The van der Waals surface area contributed by atoms with Crippen LogP contribution in [-0.2, 0) is 0 Å². The van der Waals surface area contributed by atoms with Crippen LogP contribution in [-0.4, -0.2) is 12.6 Å². The van der Waals surface area contributed by atoms with E-state index in [9.17, 15) is 4.79 Å². The lowest BCUT2D eigenvalue weighted by Crippen LogP contribution is -2.35. The highest BCUT2D eigenvalue weighted by Crippen LogP contribution is 2.34. The Hall–Kier alpha value is -1.36. The first-order chi connectivity index (χ1) is 12.0. The highest BCUT2D eigenvalue weighted by molar-refractivity contribution is 6.42. The van der Waals surface area contributed by atoms with Crippen LogP contribution in [0.5, 0.6) is 0 Å². The van der Waals surface area contributed by atoms with Crippen molar-refractivity contribution in [2.24, 2.45) is 0 Å². The molecular formula is C18H21Cl3N2O2. The van der Waals surface area contributed by atoms with Gasteiger partial charge in [0.05, 0.1) is 22.0 Å². The van der Waals surface area contributed by atoms with Crippen LogP contribution in [0.25, 0.3) is 0 Å². The number of halogens is 3. The number of urea groups is 1. The molecule has 0 atom stereocenters. The SMILES string of the molecule is CCCCCCCN(C(=O)Nc1c(Cl)cc(Cl)cc1Cl)c1ccco1. The normalized spacial score (nSPS) is 10.7. The Morgan fingerprint density at radius 1 is 1.12 bits per heavy atom. The maximum Gasteiger partial charge on any atom is 0.328 e. The van der Waals surface area contributed by atoms with Crippen LogP contribution in [0.2, 0.25) is 15.1 Å². The Balaban J connectivity index is 2.08. The Morgan fingerprint density at radius 2 is 1.80 bits per heavy atom. The van der Waals surface area contributed by atoms with Gasteiger partial charge in [-0.05, 0) is 24.6 Å². The van der Waals surface area contributed by atoms with E-state index >= 15 is 0 Å². The van der Waals surface area contributed by atoms with Crippen molar-refractivity contribution < 1.29 is 9.21 Å². The second-order valence-corrected chi connectivity index (χ2v) is 6.94. The minimum absolute atomic E-state index is 0.285. The Kier molecular flexibility index (Phi) is 7.94. The maximum absolute atomic E-state index is 12.7. The van der Waals surface area contributed by atoms with E-state index in [2.05, 4.69) is 12.2 Å². The molecule has 0 radical (unpaired) electrons. The standard InChI is InChI=1S/C18H21Cl3N2O2/c1-2-3-4-5-6-9-23(16-8-7-10-25-16)18(24)22-17-14(20)11-13(19)12-15(17)21/h7-8,10-12H,2-6,9H2,1H3,(H,22,24). The molecule has 0 bridgehead atoms. The predicted octanol–water partition coefficient (Wildman–Crippen LogP) is 7.25. The molecule has 1 aromatic heterocycles. The predicted molar refractivity (Wildman–Crippen MR) is 105 cm³/mol. The molecule has 136 valence electrons. The Morgan fingerprint density at radius 3 is 2.40 bits per heavy atom. The molecule has 2 rings (SSSR count). The minimum atomic E-state index is -0.350. The van der Waals surface area contributed by atoms with Crippen LogP contribution < -0.4 is 10.2 Å². The number of unbranched alkanes of at least 4 members (excludes halogenated alkanes) is 4. The quantitative estimate of drug-likeness (QED) is 0.472. The van der Waals surface area contributed by atoms with Gasteiger partial charge in [-0.1, -0.05) is 67.4 Å². The molecule has 0 unspecified atom stereocenters. The van der Waals surface area contributed by atoms with Crippen LogP contribution in [0.1, 0.15) is 39.0 Å². The van der Waals surface area contributed by atoms with E-state index in [4.69, 9.17) is 39.2 Å². The van der Waals surface area contributed by atoms with Crippen molar-refractivity contribution in [1.82, 2.24) is 0 Å². The summed E-state index contributed by atoms with van der Waals surface area (Å²) in [4.78, 5) is 14.3. The molecule has 0 aliphatic rings. The van der Waals surface area contributed by atoms with E-state index in [0.717, 1.165) is 19.3 Å². The van der Waals surface area contributed by atoms with Crippen LogP contribution in [0, 0.1) is 0 Å². The molecule has 4 nitrogen and oxygen atoms in total. The largest absolute Gasteiger partial charge is 0.448 e. The van der Waals surface area contributed by atoms with Gasteiger partial charge in [0.1, 0.15) is 0 Å². The average Bonchev–Trinajstić information content (AvgIpc) is 3.08. The number of furan rings is 1. The molecule has 1 N–H and O–H groups in total. The zero-order valence-corrected chi connectivity index (χ0v) is 16.3. The van der Waals surface area contributed by atoms with Gasteiger partial charge >= 0.3 is 6.03 Å². The minimum Gasteiger partial charge on any atom is -0.448 e. The van der Waals surface area contributed by atoms with Crippen molar-refractivity contribution in [2.45, 2.75) is 39.0 Å². The number of carbonyl (C=O) groups excluding carboxylic acids is 1. The van der Waals surface area contributed by atoms with Gasteiger partial charge in [0.25, 0.3) is 0 Å². The lowest BCUT2D eigenvalue weighted by molar-refractivity contribution is 0.255. The van der Waals surface area contributed by atoms with Gasteiger partial charge in [-0.2, -0.15) is 0 Å². The number of rotatable bonds is 8. The van der Waals surface area contributed by atoms with Crippen molar-refractivity contribution in [2.75, 3.05) is 16.8 Å². The molecule has 0 saturated heterocycles. The zero-order chi connectivity index (χ0) is 18.2. The third-order valence-electron chi connectivity index (χ3n) is 3.74. The van der Waals surface area contributed by atoms with Crippen molar-refractivity contribution in [3.63, 3.8) is 0 Å². The second-order valence-electron chi connectivity index (χ2n) is 5.69. The average molecular weight is 404 g/mol. The lowest BCUT2D eigenvalue weighted by Gasteiger charge is -2.21. The molecule has 1 aromatic carbocycles. The summed E-state index contributed by atoms with van der Waals surface area (Å²) in [6, 6.07) is 6.21. The first-order valence-corrected chi connectivity index (χ1v) is 9.43. The van der Waals surface area contributed by atoms with E-state index in [1.54, 1.807) is 17.0 Å². The number of nitrogens with one attached hydrogen (secondary N) is 1. The molecular weight excluding hydrogens is 383 g/mol. The molecule has 0 aliphatic heterocycles. The van der Waals surface area contributed by atoms with Crippen LogP contribution >= 0.6 is 34.8 Å². The van der Waals surface area contributed by atoms with E-state index in [1.165, 1.54) is 31.2 Å². The van der Waals surface area contributed by atoms with Gasteiger partial charge < -0.3 is 9.73 Å². The highest BCUT2D eigenvalue weighted by atomic mass is 35.5. The van der Waals surface area contributed by atoms with E-state index in [-0.39, 0.29) is 16.1 Å². The summed E-state index contributed by atoms with van der Waals surface area (Å²) in [5.41, 5.74) is 0.334. The Bertz CT molecular complexity index is 667. The number of anilines is 2. The van der Waals surface area contributed by atoms with Crippen LogP contribution in [0.3, 0.4) is 0 Å². The Labute approximate surface area is 163 Å². The van der Waals surface area contributed by atoms with Crippen molar-refractivity contribution in [3.8, 4) is 0 Å². The van der Waals surface area contributed by atoms with E-state index in [0.29, 0.717) is 23.1 Å². The maximum atomic E-state index is 12.7. The summed E-state index contributed by atoms with van der Waals surface area (Å²) in [5.74, 6) is 0.481. The summed E-state index contributed by atoms with van der Waals surface area (Å²) in [7, 11) is 0. The molecule has 2 amide bonds. The molecule has 25 heavy (non-hydrogen) atoms. The summed E-state index contributed by atoms with van der Waals surface area (Å²) in [5, 5.41) is 3.73. The number of nitrogens with zero attached hydrogens (tertiary/aromatic N) is 1. The fraction of sp³-hybridized carbons (Fsp3) is 0.389. The van der Waals surface area contributed by atoms with Crippen molar-refractivity contribution in [1.29, 1.82) is 0 Å². The van der Waals surface area contributed by atoms with Gasteiger partial charge in [-0.3, -0.25) is 4.90 Å². The fourth-order valence-electron chi connectivity index (χ4n) is 2.44. The van der Waals surface area contributed by atoms with E-state index in [1.807, 2.05) is 0 Å². The summed E-state index contributed by atoms with van der Waals surface area (Å²) in [6.07, 6.45) is 7.00. The molecule has 2 aromatic rings. The summed E-state index contributed by atoms with van der Waals surface area (Å²) in [6.45, 7) is 2.72. The van der Waals surface area contributed by atoms with Gasteiger partial charge in [0, 0.05) is 17.6 Å². The molecule has 0 aliphatic carbocycles. The van der Waals surface area contributed by atoms with Gasteiger partial charge in [-0.25, -0.2) is 4.79 Å². The third-order valence-corrected chi connectivity index (χ3v) is 4.56. The van der Waals surface area contributed by atoms with E-state index < -0.39 is 0 Å². The second kappa shape index (κ2) is 9.95. The van der Waals surface area contributed by atoms with Crippen LogP contribution in [0.4, 0.5) is 16.4 Å². The van der Waals surface area contributed by atoms with Crippen molar-refractivity contribution >= 4 is 52.4 Å². The summed E-state index contributed by atoms with van der Waals surface area (Å²) < 4.78 is 5.39. The van der Waals surface area contributed by atoms with Gasteiger partial charge in [0.15, 0.2) is 0 Å². The number of amides is 2. The molecule has 7 heteroatoms. The third kappa shape index (κ3) is 5.84. The first kappa shape index (κ1) is 20.0. The number of hydrogen-bond donors (Lipinski definition) is 1. The smallest absolute Gasteiger partial charge is 0.328 e. The number of hydrogen-bond acceptors (Lipinski definition) is 2. The highest BCUT2D eigenvalue weighted by Gasteiger charge is 2.20. The first-order valence-electron chi connectivity index (χ1n) is 8.29. The summed E-state index contributed by atoms with van der Waals surface area (Å²) >= 11 is 18.2. The molecule has 0 spiro atoms. The lowest BCUT2D eigenvalue weighted by atomic mass is 10.1. The van der Waals surface area contributed by atoms with Gasteiger partial charge in [-0.15, -0.1) is 0 Å².